The fraction of sp³-hybridized carbons (Fsp3) is 0.333. The lowest BCUT2D eigenvalue weighted by molar-refractivity contribution is 0.0785. The zero-order valence-corrected chi connectivity index (χ0v) is 10.4. The normalized spacial score (nSPS) is 13.1. The second-order valence-corrected chi connectivity index (χ2v) is 4.16. The number of carbonyl (C=O) groups is 1. The first-order valence-electron chi connectivity index (χ1n) is 5.47. The molecule has 0 saturated heterocycles. The van der Waals surface area contributed by atoms with Gasteiger partial charge in [-0.05, 0) is 18.2 Å². The summed E-state index contributed by atoms with van der Waals surface area (Å²) >= 11 is 0. The fourth-order valence-corrected chi connectivity index (χ4v) is 1.55. The van der Waals surface area contributed by atoms with Gasteiger partial charge in [0.1, 0.15) is 11.6 Å². The summed E-state index contributed by atoms with van der Waals surface area (Å²) in [6.45, 7) is 2.08. The molecule has 0 fully saturated rings. The molecule has 1 atom stereocenters. The molecule has 0 aromatic heterocycles. The van der Waals surface area contributed by atoms with Gasteiger partial charge in [-0.25, -0.2) is 0 Å². The van der Waals surface area contributed by atoms with Crippen LogP contribution in [0.15, 0.2) is 29.4 Å². The summed E-state index contributed by atoms with van der Waals surface area (Å²) in [5.74, 6) is -0.367. The molecule has 0 aliphatic rings. The van der Waals surface area contributed by atoms with Crippen LogP contribution in [0.5, 0.6) is 5.75 Å². The highest BCUT2D eigenvalue weighted by Crippen LogP contribution is 2.13. The van der Waals surface area contributed by atoms with Gasteiger partial charge in [0.25, 0.3) is 5.91 Å². The predicted octanol–water partition coefficient (Wildman–Crippen LogP) is 0.847. The van der Waals surface area contributed by atoms with Crippen molar-refractivity contribution in [3.8, 4) is 5.75 Å². The fourth-order valence-electron chi connectivity index (χ4n) is 1.55. The minimum atomic E-state index is -0.249. The minimum Gasteiger partial charge on any atom is -0.508 e. The minimum absolute atomic E-state index is 0.0405. The number of amides is 1. The molecule has 1 unspecified atom stereocenters. The maximum absolute atomic E-state index is 12.0. The van der Waals surface area contributed by atoms with Crippen LogP contribution >= 0.6 is 0 Å². The van der Waals surface area contributed by atoms with Crippen LogP contribution in [0.3, 0.4) is 0 Å². The van der Waals surface area contributed by atoms with Crippen molar-refractivity contribution in [2.24, 2.45) is 16.8 Å². The Hall–Kier alpha value is -2.24. The van der Waals surface area contributed by atoms with Gasteiger partial charge >= 0.3 is 0 Å². The van der Waals surface area contributed by atoms with Crippen molar-refractivity contribution < 1.29 is 15.1 Å². The van der Waals surface area contributed by atoms with E-state index in [1.807, 2.05) is 0 Å². The molecule has 0 heterocycles. The summed E-state index contributed by atoms with van der Waals surface area (Å²) in [7, 11) is 1.62. The number of hydrogen-bond acceptors (Lipinski definition) is 4. The lowest BCUT2D eigenvalue weighted by Crippen LogP contribution is -2.36. The van der Waals surface area contributed by atoms with E-state index in [-0.39, 0.29) is 23.4 Å². The Morgan fingerprint density at radius 2 is 2.22 bits per heavy atom. The second-order valence-electron chi connectivity index (χ2n) is 4.16. The van der Waals surface area contributed by atoms with E-state index < -0.39 is 0 Å². The van der Waals surface area contributed by atoms with Gasteiger partial charge in [-0.15, -0.1) is 0 Å². The summed E-state index contributed by atoms with van der Waals surface area (Å²) in [5.41, 5.74) is 5.84. The number of aromatic hydroxyl groups is 1. The van der Waals surface area contributed by atoms with Crippen molar-refractivity contribution >= 4 is 11.7 Å². The standard InChI is InChI=1S/C12H17N3O3/c1-8(11(13)14-18)7-15(2)12(17)9-4-3-5-10(16)6-9/h3-6,8,16,18H,7H2,1-2H3,(H2,13,14). The SMILES string of the molecule is CC(CN(C)C(=O)c1cccc(O)c1)/C(N)=N/O. The molecule has 1 aromatic carbocycles. The molecule has 1 amide bonds. The van der Waals surface area contributed by atoms with Crippen molar-refractivity contribution in [3.63, 3.8) is 0 Å². The molecular formula is C12H17N3O3. The van der Waals surface area contributed by atoms with E-state index in [2.05, 4.69) is 5.16 Å². The number of oxime groups is 1. The first-order valence-corrected chi connectivity index (χ1v) is 5.47. The van der Waals surface area contributed by atoms with Crippen molar-refractivity contribution in [2.45, 2.75) is 6.92 Å². The lowest BCUT2D eigenvalue weighted by atomic mass is 10.1. The van der Waals surface area contributed by atoms with Crippen LogP contribution in [0.25, 0.3) is 0 Å². The van der Waals surface area contributed by atoms with Crippen LogP contribution < -0.4 is 5.73 Å². The summed E-state index contributed by atoms with van der Waals surface area (Å²) in [6, 6.07) is 6.11. The highest BCUT2D eigenvalue weighted by atomic mass is 16.4. The van der Waals surface area contributed by atoms with Crippen LogP contribution in [-0.4, -0.2) is 40.5 Å². The molecule has 18 heavy (non-hydrogen) atoms. The number of nitrogens with two attached hydrogens (primary N) is 1. The predicted molar refractivity (Wildman–Crippen MR) is 67.6 cm³/mol. The molecule has 6 nitrogen and oxygen atoms in total. The Morgan fingerprint density at radius 1 is 1.56 bits per heavy atom. The molecule has 6 heteroatoms. The van der Waals surface area contributed by atoms with Crippen LogP contribution in [0.1, 0.15) is 17.3 Å². The Bertz CT molecular complexity index is 460. The zero-order valence-electron chi connectivity index (χ0n) is 10.4. The van der Waals surface area contributed by atoms with E-state index in [0.29, 0.717) is 12.1 Å². The lowest BCUT2D eigenvalue weighted by Gasteiger charge is -2.20. The van der Waals surface area contributed by atoms with Crippen molar-refractivity contribution in [1.82, 2.24) is 4.90 Å². The molecule has 0 radical (unpaired) electrons. The van der Waals surface area contributed by atoms with Crippen LogP contribution in [0.2, 0.25) is 0 Å². The highest BCUT2D eigenvalue weighted by molar-refractivity contribution is 5.94. The van der Waals surface area contributed by atoms with Gasteiger partial charge < -0.3 is 20.9 Å². The Morgan fingerprint density at radius 3 is 2.78 bits per heavy atom. The molecule has 0 saturated carbocycles. The van der Waals surface area contributed by atoms with Crippen LogP contribution in [-0.2, 0) is 0 Å². The van der Waals surface area contributed by atoms with E-state index in [1.54, 1.807) is 26.1 Å². The number of carbonyl (C=O) groups excluding carboxylic acids is 1. The van der Waals surface area contributed by atoms with E-state index >= 15 is 0 Å². The van der Waals surface area contributed by atoms with Gasteiger partial charge in [0.2, 0.25) is 0 Å². The Kier molecular flexibility index (Phi) is 4.53. The third-order valence-electron chi connectivity index (χ3n) is 2.61. The maximum atomic E-state index is 12.0. The molecule has 1 aromatic rings. The number of benzene rings is 1. The topological polar surface area (TPSA) is 99.2 Å². The third-order valence-corrected chi connectivity index (χ3v) is 2.61. The molecule has 4 N–H and O–H groups in total. The number of phenols is 1. The first-order chi connectivity index (χ1) is 8.45. The number of amidine groups is 1. The summed E-state index contributed by atoms with van der Waals surface area (Å²) < 4.78 is 0. The van der Waals surface area contributed by atoms with Gasteiger partial charge in [0, 0.05) is 25.1 Å². The third kappa shape index (κ3) is 3.38. The molecule has 0 spiro atoms. The molecule has 98 valence electrons. The van der Waals surface area contributed by atoms with Gasteiger partial charge in [0.05, 0.1) is 0 Å². The van der Waals surface area contributed by atoms with E-state index in [0.717, 1.165) is 0 Å². The van der Waals surface area contributed by atoms with Crippen molar-refractivity contribution in [1.29, 1.82) is 0 Å². The maximum Gasteiger partial charge on any atom is 0.253 e. The Balaban J connectivity index is 2.73. The summed E-state index contributed by atoms with van der Waals surface area (Å²) in [5, 5.41) is 20.7. The average Bonchev–Trinajstić information content (AvgIpc) is 2.36. The Labute approximate surface area is 105 Å². The average molecular weight is 251 g/mol. The smallest absolute Gasteiger partial charge is 0.253 e. The number of hydrogen-bond donors (Lipinski definition) is 3. The quantitative estimate of drug-likeness (QED) is 0.319. The molecule has 0 bridgehead atoms. The number of nitrogens with zero attached hydrogens (tertiary/aromatic N) is 2. The molecule has 1 rings (SSSR count). The monoisotopic (exact) mass is 251 g/mol. The number of rotatable bonds is 4. The van der Waals surface area contributed by atoms with E-state index in [9.17, 15) is 9.90 Å². The summed E-state index contributed by atoms with van der Waals surface area (Å²) in [6.07, 6.45) is 0. The zero-order chi connectivity index (χ0) is 13.7. The van der Waals surface area contributed by atoms with E-state index in [4.69, 9.17) is 10.9 Å². The first kappa shape index (κ1) is 13.8. The largest absolute Gasteiger partial charge is 0.508 e. The van der Waals surface area contributed by atoms with Gasteiger partial charge in [0.15, 0.2) is 0 Å². The van der Waals surface area contributed by atoms with Crippen LogP contribution in [0, 0.1) is 5.92 Å². The summed E-state index contributed by atoms with van der Waals surface area (Å²) in [4.78, 5) is 13.5. The van der Waals surface area contributed by atoms with Crippen molar-refractivity contribution in [2.75, 3.05) is 13.6 Å². The van der Waals surface area contributed by atoms with Crippen LogP contribution in [0.4, 0.5) is 0 Å². The van der Waals surface area contributed by atoms with Crippen molar-refractivity contribution in [3.05, 3.63) is 29.8 Å². The molecule has 0 aliphatic heterocycles. The highest BCUT2D eigenvalue weighted by Gasteiger charge is 2.17. The second kappa shape index (κ2) is 5.90. The van der Waals surface area contributed by atoms with E-state index in [1.165, 1.54) is 17.0 Å². The van der Waals surface area contributed by atoms with Gasteiger partial charge in [-0.3, -0.25) is 4.79 Å². The van der Waals surface area contributed by atoms with Gasteiger partial charge in [-0.1, -0.05) is 18.1 Å². The number of phenolic OH excluding ortho intramolecular Hbond substituents is 1. The molecular weight excluding hydrogens is 234 g/mol. The molecule has 0 aliphatic carbocycles. The van der Waals surface area contributed by atoms with Gasteiger partial charge in [-0.2, -0.15) is 0 Å².